The van der Waals surface area contributed by atoms with Crippen molar-refractivity contribution in [2.45, 2.75) is 24.9 Å². The molecule has 0 unspecified atom stereocenters. The van der Waals surface area contributed by atoms with Gasteiger partial charge in [0, 0.05) is 32.1 Å². The van der Waals surface area contributed by atoms with Crippen molar-refractivity contribution in [1.82, 2.24) is 9.88 Å². The molecule has 1 aromatic heterocycles. The molecule has 0 aliphatic carbocycles. The quantitative estimate of drug-likeness (QED) is 0.831. The van der Waals surface area contributed by atoms with Gasteiger partial charge < -0.3 is 4.90 Å². The number of Topliss-reactive ketones (excluding diaryl/α,β-unsaturated/α-hetero) is 1. The summed E-state index contributed by atoms with van der Waals surface area (Å²) in [7, 11) is 1.61. The van der Waals surface area contributed by atoms with Gasteiger partial charge in [-0.2, -0.15) is 18.4 Å². The SMILES string of the molecule is CN1CC[C@@H](C(=O)[C@@H](C#N)c2ncc(C(F)(F)F)cc2Cl)CC1=O. The number of alkyl halides is 3. The van der Waals surface area contributed by atoms with Crippen molar-refractivity contribution in [2.24, 2.45) is 5.92 Å². The predicted molar refractivity (Wildman–Crippen MR) is 78.0 cm³/mol. The number of nitriles is 1. The van der Waals surface area contributed by atoms with Gasteiger partial charge in [-0.25, -0.2) is 0 Å². The molecule has 0 aromatic carbocycles. The normalized spacial score (nSPS) is 19.8. The van der Waals surface area contributed by atoms with E-state index in [1.807, 2.05) is 0 Å². The largest absolute Gasteiger partial charge is 0.417 e. The maximum absolute atomic E-state index is 12.6. The van der Waals surface area contributed by atoms with E-state index in [4.69, 9.17) is 11.6 Å². The highest BCUT2D eigenvalue weighted by atomic mass is 35.5. The molecule has 0 bridgehead atoms. The van der Waals surface area contributed by atoms with E-state index < -0.39 is 34.4 Å². The molecule has 2 heterocycles. The molecule has 1 saturated heterocycles. The van der Waals surface area contributed by atoms with Crippen LogP contribution in [0.2, 0.25) is 5.02 Å². The molecule has 128 valence electrons. The summed E-state index contributed by atoms with van der Waals surface area (Å²) in [6.07, 6.45) is -3.73. The van der Waals surface area contributed by atoms with Crippen molar-refractivity contribution in [3.63, 3.8) is 0 Å². The molecule has 2 atom stereocenters. The Labute approximate surface area is 141 Å². The van der Waals surface area contributed by atoms with Crippen LogP contribution in [0.5, 0.6) is 0 Å². The van der Waals surface area contributed by atoms with Gasteiger partial charge in [0.2, 0.25) is 5.91 Å². The highest BCUT2D eigenvalue weighted by Gasteiger charge is 2.37. The molecule has 5 nitrogen and oxygen atoms in total. The fourth-order valence-corrected chi connectivity index (χ4v) is 2.77. The van der Waals surface area contributed by atoms with Gasteiger partial charge in [-0.05, 0) is 12.5 Å². The first-order valence-electron chi connectivity index (χ1n) is 7.05. The zero-order valence-corrected chi connectivity index (χ0v) is 13.4. The van der Waals surface area contributed by atoms with Gasteiger partial charge >= 0.3 is 6.18 Å². The lowest BCUT2D eigenvalue weighted by Gasteiger charge is -2.28. The van der Waals surface area contributed by atoms with E-state index in [9.17, 15) is 28.0 Å². The molecule has 1 aromatic rings. The van der Waals surface area contributed by atoms with Gasteiger partial charge in [-0.15, -0.1) is 0 Å². The minimum Gasteiger partial charge on any atom is -0.346 e. The van der Waals surface area contributed by atoms with Crippen molar-refractivity contribution in [3.05, 3.63) is 28.5 Å². The molecule has 9 heteroatoms. The van der Waals surface area contributed by atoms with Crippen LogP contribution in [0.1, 0.15) is 30.0 Å². The lowest BCUT2D eigenvalue weighted by molar-refractivity contribution is -0.138. The van der Waals surface area contributed by atoms with Crippen LogP contribution < -0.4 is 0 Å². The number of nitrogens with zero attached hydrogens (tertiary/aromatic N) is 3. The lowest BCUT2D eigenvalue weighted by atomic mass is 9.84. The third-order valence-electron chi connectivity index (χ3n) is 3.95. The molecule has 2 rings (SSSR count). The third-order valence-corrected chi connectivity index (χ3v) is 4.25. The number of pyridine rings is 1. The van der Waals surface area contributed by atoms with E-state index in [1.165, 1.54) is 4.90 Å². The summed E-state index contributed by atoms with van der Waals surface area (Å²) >= 11 is 5.80. The number of likely N-dealkylation sites (tertiary alicyclic amines) is 1. The summed E-state index contributed by atoms with van der Waals surface area (Å²) in [4.78, 5) is 29.3. The molecular formula is C15H13ClF3N3O2. The summed E-state index contributed by atoms with van der Waals surface area (Å²) in [5.41, 5.74) is -1.28. The number of halogens is 4. The van der Waals surface area contributed by atoms with Crippen LogP contribution in [-0.2, 0) is 15.8 Å². The molecule has 0 saturated carbocycles. The summed E-state index contributed by atoms with van der Waals surface area (Å²) in [5, 5.41) is 8.87. The van der Waals surface area contributed by atoms with Gasteiger partial charge in [0.1, 0.15) is 5.92 Å². The second kappa shape index (κ2) is 6.77. The smallest absolute Gasteiger partial charge is 0.346 e. The number of carbonyl (C=O) groups excluding carboxylic acids is 2. The van der Waals surface area contributed by atoms with E-state index >= 15 is 0 Å². The second-order valence-corrected chi connectivity index (χ2v) is 5.97. The molecule has 0 spiro atoms. The van der Waals surface area contributed by atoms with Crippen LogP contribution >= 0.6 is 11.6 Å². The van der Waals surface area contributed by atoms with Crippen LogP contribution in [0.4, 0.5) is 13.2 Å². The average Bonchev–Trinajstić information content (AvgIpc) is 2.51. The van der Waals surface area contributed by atoms with Gasteiger partial charge in [0.25, 0.3) is 0 Å². The first-order chi connectivity index (χ1) is 11.1. The van der Waals surface area contributed by atoms with Crippen molar-refractivity contribution in [1.29, 1.82) is 5.26 Å². The maximum atomic E-state index is 12.6. The number of hydrogen-bond acceptors (Lipinski definition) is 4. The first kappa shape index (κ1) is 18.2. The summed E-state index contributed by atoms with van der Waals surface area (Å²) in [6, 6.07) is 2.38. The van der Waals surface area contributed by atoms with Crippen molar-refractivity contribution < 1.29 is 22.8 Å². The van der Waals surface area contributed by atoms with Crippen molar-refractivity contribution in [2.75, 3.05) is 13.6 Å². The van der Waals surface area contributed by atoms with E-state index in [2.05, 4.69) is 4.98 Å². The Morgan fingerprint density at radius 1 is 1.54 bits per heavy atom. The lowest BCUT2D eigenvalue weighted by Crippen LogP contribution is -2.39. The Morgan fingerprint density at radius 2 is 2.21 bits per heavy atom. The summed E-state index contributed by atoms with van der Waals surface area (Å²) in [6.45, 7) is 0.377. The number of aromatic nitrogens is 1. The van der Waals surface area contributed by atoms with Gasteiger partial charge in [0.05, 0.1) is 22.3 Å². The van der Waals surface area contributed by atoms with Gasteiger partial charge in [-0.1, -0.05) is 11.6 Å². The van der Waals surface area contributed by atoms with Crippen LogP contribution in [0, 0.1) is 17.2 Å². The molecular weight excluding hydrogens is 347 g/mol. The zero-order chi connectivity index (χ0) is 18.1. The molecule has 24 heavy (non-hydrogen) atoms. The van der Waals surface area contributed by atoms with E-state index in [1.54, 1.807) is 13.1 Å². The summed E-state index contributed by atoms with van der Waals surface area (Å²) < 4.78 is 37.9. The molecule has 1 amide bonds. The van der Waals surface area contributed by atoms with Crippen LogP contribution in [0.25, 0.3) is 0 Å². The van der Waals surface area contributed by atoms with E-state index in [0.29, 0.717) is 25.2 Å². The number of hydrogen-bond donors (Lipinski definition) is 0. The topological polar surface area (TPSA) is 74.1 Å². The molecule has 1 fully saturated rings. The third kappa shape index (κ3) is 3.67. The Balaban J connectivity index is 2.27. The van der Waals surface area contributed by atoms with E-state index in [0.717, 1.165) is 0 Å². The van der Waals surface area contributed by atoms with Crippen LogP contribution in [0.3, 0.4) is 0 Å². The van der Waals surface area contributed by atoms with Crippen LogP contribution in [-0.4, -0.2) is 35.2 Å². The molecule has 1 aliphatic heterocycles. The number of amides is 1. The fraction of sp³-hybridized carbons (Fsp3) is 0.467. The van der Waals surface area contributed by atoms with Gasteiger partial charge in [-0.3, -0.25) is 14.6 Å². The Hall–Kier alpha value is -2.14. The summed E-state index contributed by atoms with van der Waals surface area (Å²) in [5.74, 6) is -2.84. The standard InChI is InChI=1S/C15H13ClF3N3O2/c1-22-3-2-8(4-12(22)23)14(24)10(6-20)13-11(16)5-9(7-21-13)15(17,18)19/h5,7-8,10H,2-4H2,1H3/t8-,10+/m1/s1. The van der Waals surface area contributed by atoms with Crippen molar-refractivity contribution >= 4 is 23.3 Å². The Kier molecular flexibility index (Phi) is 5.13. The minimum absolute atomic E-state index is 0.0359. The van der Waals surface area contributed by atoms with E-state index in [-0.39, 0.29) is 18.0 Å². The maximum Gasteiger partial charge on any atom is 0.417 e. The minimum atomic E-state index is -4.62. The van der Waals surface area contributed by atoms with Gasteiger partial charge in [0.15, 0.2) is 5.78 Å². The highest BCUT2D eigenvalue weighted by Crippen LogP contribution is 2.34. The second-order valence-electron chi connectivity index (χ2n) is 5.56. The number of piperidine rings is 1. The molecule has 0 radical (unpaired) electrons. The number of carbonyl (C=O) groups is 2. The predicted octanol–water partition coefficient (Wildman–Crippen LogP) is 2.80. The fourth-order valence-electron chi connectivity index (χ4n) is 2.50. The number of rotatable bonds is 3. The Morgan fingerprint density at radius 3 is 2.71 bits per heavy atom. The Bertz CT molecular complexity index is 715. The van der Waals surface area contributed by atoms with Crippen molar-refractivity contribution in [3.8, 4) is 6.07 Å². The highest BCUT2D eigenvalue weighted by molar-refractivity contribution is 6.31. The zero-order valence-electron chi connectivity index (χ0n) is 12.6. The monoisotopic (exact) mass is 359 g/mol. The molecule has 1 aliphatic rings. The number of ketones is 1. The molecule has 0 N–H and O–H groups in total. The van der Waals surface area contributed by atoms with Crippen LogP contribution in [0.15, 0.2) is 12.3 Å². The average molecular weight is 360 g/mol. The first-order valence-corrected chi connectivity index (χ1v) is 7.43.